The standard InChI is InChI=1S/C15H20N2O3/c1-10(11-6-2-3-7-11)16-15(20)17-13-9-5-4-8-12(13)14(18)19/h4-5,8-11H,2-3,6-7H2,1H3,(H,18,19)(H2,16,17,20). The van der Waals surface area contributed by atoms with Crippen LogP contribution in [0.2, 0.25) is 0 Å². The first-order chi connectivity index (χ1) is 9.58. The number of benzene rings is 1. The summed E-state index contributed by atoms with van der Waals surface area (Å²) in [7, 11) is 0. The van der Waals surface area contributed by atoms with E-state index in [0.29, 0.717) is 11.6 Å². The molecular formula is C15H20N2O3. The Morgan fingerprint density at radius 3 is 2.55 bits per heavy atom. The number of carbonyl (C=O) groups is 2. The van der Waals surface area contributed by atoms with Gasteiger partial charge >= 0.3 is 12.0 Å². The molecule has 108 valence electrons. The molecule has 1 atom stereocenters. The molecule has 1 aromatic carbocycles. The molecule has 2 rings (SSSR count). The van der Waals surface area contributed by atoms with Crippen molar-refractivity contribution in [2.75, 3.05) is 5.32 Å². The Morgan fingerprint density at radius 2 is 1.90 bits per heavy atom. The molecule has 3 N–H and O–H groups in total. The summed E-state index contributed by atoms with van der Waals surface area (Å²) in [5.74, 6) is -0.528. The lowest BCUT2D eigenvalue weighted by Gasteiger charge is -2.20. The quantitative estimate of drug-likeness (QED) is 0.790. The topological polar surface area (TPSA) is 78.4 Å². The third-order valence-electron chi connectivity index (χ3n) is 3.87. The van der Waals surface area contributed by atoms with Crippen LogP contribution < -0.4 is 10.6 Å². The Hall–Kier alpha value is -2.04. The zero-order chi connectivity index (χ0) is 14.5. The van der Waals surface area contributed by atoms with Crippen molar-refractivity contribution in [3.63, 3.8) is 0 Å². The molecule has 5 nitrogen and oxygen atoms in total. The minimum Gasteiger partial charge on any atom is -0.478 e. The van der Waals surface area contributed by atoms with Gasteiger partial charge in [0.25, 0.3) is 0 Å². The molecule has 1 aromatic rings. The molecule has 0 bridgehead atoms. The lowest BCUT2D eigenvalue weighted by molar-refractivity contribution is 0.0698. The lowest BCUT2D eigenvalue weighted by Crippen LogP contribution is -2.40. The maximum Gasteiger partial charge on any atom is 0.337 e. The number of carboxylic acids is 1. The summed E-state index contributed by atoms with van der Waals surface area (Å²) in [5.41, 5.74) is 0.410. The highest BCUT2D eigenvalue weighted by Crippen LogP contribution is 2.27. The van der Waals surface area contributed by atoms with Crippen molar-refractivity contribution >= 4 is 17.7 Å². The maximum absolute atomic E-state index is 11.9. The second kappa shape index (κ2) is 6.41. The molecule has 0 heterocycles. The summed E-state index contributed by atoms with van der Waals surface area (Å²) in [5, 5.41) is 14.6. The van der Waals surface area contributed by atoms with Crippen molar-refractivity contribution in [1.82, 2.24) is 5.32 Å². The van der Waals surface area contributed by atoms with Crippen LogP contribution in [0, 0.1) is 5.92 Å². The molecule has 0 saturated heterocycles. The minimum atomic E-state index is -1.05. The van der Waals surface area contributed by atoms with Crippen LogP contribution in [0.15, 0.2) is 24.3 Å². The van der Waals surface area contributed by atoms with Crippen molar-refractivity contribution in [3.8, 4) is 0 Å². The highest BCUT2D eigenvalue weighted by atomic mass is 16.4. The fourth-order valence-corrected chi connectivity index (χ4v) is 2.72. The fraction of sp³-hybridized carbons (Fsp3) is 0.467. The summed E-state index contributed by atoms with van der Waals surface area (Å²) in [4.78, 5) is 23.0. The van der Waals surface area contributed by atoms with Gasteiger partial charge in [-0.15, -0.1) is 0 Å². The maximum atomic E-state index is 11.9. The molecule has 1 saturated carbocycles. The summed E-state index contributed by atoms with van der Waals surface area (Å²) < 4.78 is 0. The van der Waals surface area contributed by atoms with E-state index in [1.54, 1.807) is 18.2 Å². The first-order valence-electron chi connectivity index (χ1n) is 6.98. The average molecular weight is 276 g/mol. The first-order valence-corrected chi connectivity index (χ1v) is 6.98. The Kier molecular flexibility index (Phi) is 4.61. The van der Waals surface area contributed by atoms with Crippen molar-refractivity contribution in [3.05, 3.63) is 29.8 Å². The normalized spacial score (nSPS) is 16.6. The van der Waals surface area contributed by atoms with Crippen LogP contribution >= 0.6 is 0 Å². The van der Waals surface area contributed by atoms with E-state index in [-0.39, 0.29) is 17.6 Å². The number of carboxylic acid groups (broad SMARTS) is 1. The molecule has 2 amide bonds. The molecule has 0 aromatic heterocycles. The summed E-state index contributed by atoms with van der Waals surface area (Å²) >= 11 is 0. The summed E-state index contributed by atoms with van der Waals surface area (Å²) in [6.07, 6.45) is 4.74. The Labute approximate surface area is 118 Å². The smallest absolute Gasteiger partial charge is 0.337 e. The first kappa shape index (κ1) is 14.4. The Balaban J connectivity index is 1.96. The number of para-hydroxylation sites is 1. The number of amides is 2. The van der Waals surface area contributed by atoms with Crippen molar-refractivity contribution in [1.29, 1.82) is 0 Å². The van der Waals surface area contributed by atoms with Crippen molar-refractivity contribution < 1.29 is 14.7 Å². The largest absolute Gasteiger partial charge is 0.478 e. The third-order valence-corrected chi connectivity index (χ3v) is 3.87. The van der Waals surface area contributed by atoms with E-state index in [1.807, 2.05) is 6.92 Å². The lowest BCUT2D eigenvalue weighted by atomic mass is 10.0. The number of hydrogen-bond acceptors (Lipinski definition) is 2. The average Bonchev–Trinajstić information content (AvgIpc) is 2.92. The Morgan fingerprint density at radius 1 is 1.25 bits per heavy atom. The SMILES string of the molecule is CC(NC(=O)Nc1ccccc1C(=O)O)C1CCCC1. The van der Waals surface area contributed by atoms with E-state index in [2.05, 4.69) is 10.6 Å². The highest BCUT2D eigenvalue weighted by Gasteiger charge is 2.23. The van der Waals surface area contributed by atoms with Gasteiger partial charge in [-0.05, 0) is 37.8 Å². The molecule has 1 unspecified atom stereocenters. The number of aromatic carboxylic acids is 1. The van der Waals surface area contributed by atoms with Crippen LogP contribution in [0.3, 0.4) is 0 Å². The van der Waals surface area contributed by atoms with Gasteiger partial charge in [0.1, 0.15) is 0 Å². The Bertz CT molecular complexity index is 496. The highest BCUT2D eigenvalue weighted by molar-refractivity contribution is 5.99. The van der Waals surface area contributed by atoms with Gasteiger partial charge in [0.05, 0.1) is 11.3 Å². The molecule has 0 spiro atoms. The molecule has 5 heteroatoms. The second-order valence-electron chi connectivity index (χ2n) is 5.28. The van der Waals surface area contributed by atoms with E-state index >= 15 is 0 Å². The van der Waals surface area contributed by atoms with Gasteiger partial charge < -0.3 is 15.7 Å². The number of carbonyl (C=O) groups excluding carboxylic acids is 1. The van der Waals surface area contributed by atoms with Gasteiger partial charge in [0.2, 0.25) is 0 Å². The summed E-state index contributed by atoms with van der Waals surface area (Å²) in [6, 6.07) is 6.14. The number of anilines is 1. The third kappa shape index (κ3) is 3.50. The molecule has 1 aliphatic rings. The summed E-state index contributed by atoms with van der Waals surface area (Å²) in [6.45, 7) is 2.00. The molecule has 1 fully saturated rings. The van der Waals surface area contributed by atoms with E-state index in [1.165, 1.54) is 18.9 Å². The van der Waals surface area contributed by atoms with Gasteiger partial charge in [-0.3, -0.25) is 0 Å². The van der Waals surface area contributed by atoms with Gasteiger partial charge in [0, 0.05) is 6.04 Å². The minimum absolute atomic E-state index is 0.0937. The van der Waals surface area contributed by atoms with Crippen LogP contribution in [0.1, 0.15) is 43.0 Å². The molecular weight excluding hydrogens is 256 g/mol. The van der Waals surface area contributed by atoms with Gasteiger partial charge in [-0.25, -0.2) is 9.59 Å². The van der Waals surface area contributed by atoms with Gasteiger partial charge in [-0.2, -0.15) is 0 Å². The second-order valence-corrected chi connectivity index (χ2v) is 5.28. The number of urea groups is 1. The fourth-order valence-electron chi connectivity index (χ4n) is 2.72. The molecule has 0 aliphatic heterocycles. The monoisotopic (exact) mass is 276 g/mol. The van der Waals surface area contributed by atoms with E-state index in [9.17, 15) is 9.59 Å². The van der Waals surface area contributed by atoms with E-state index < -0.39 is 5.97 Å². The van der Waals surface area contributed by atoms with E-state index in [4.69, 9.17) is 5.11 Å². The van der Waals surface area contributed by atoms with Gasteiger partial charge in [-0.1, -0.05) is 25.0 Å². The number of nitrogens with one attached hydrogen (secondary N) is 2. The van der Waals surface area contributed by atoms with Crippen molar-refractivity contribution in [2.45, 2.75) is 38.6 Å². The van der Waals surface area contributed by atoms with Crippen molar-refractivity contribution in [2.24, 2.45) is 5.92 Å². The van der Waals surface area contributed by atoms with E-state index in [0.717, 1.165) is 12.8 Å². The van der Waals surface area contributed by atoms with Crippen LogP contribution in [0.4, 0.5) is 10.5 Å². The zero-order valence-corrected chi connectivity index (χ0v) is 11.6. The zero-order valence-electron chi connectivity index (χ0n) is 11.6. The molecule has 0 radical (unpaired) electrons. The van der Waals surface area contributed by atoms with Gasteiger partial charge in [0.15, 0.2) is 0 Å². The van der Waals surface area contributed by atoms with Crippen LogP contribution in [-0.4, -0.2) is 23.1 Å². The molecule has 1 aliphatic carbocycles. The predicted molar refractivity (Wildman–Crippen MR) is 77.0 cm³/mol. The van der Waals surface area contributed by atoms with Crippen LogP contribution in [0.25, 0.3) is 0 Å². The van der Waals surface area contributed by atoms with Crippen LogP contribution in [-0.2, 0) is 0 Å². The number of rotatable bonds is 4. The number of hydrogen-bond donors (Lipinski definition) is 3. The molecule has 20 heavy (non-hydrogen) atoms. The van der Waals surface area contributed by atoms with Crippen LogP contribution in [0.5, 0.6) is 0 Å². The predicted octanol–water partition coefficient (Wildman–Crippen LogP) is 3.09.